The van der Waals surface area contributed by atoms with E-state index in [4.69, 9.17) is 16.3 Å². The Morgan fingerprint density at radius 3 is 2.82 bits per heavy atom. The van der Waals surface area contributed by atoms with Gasteiger partial charge in [0.25, 0.3) is 5.69 Å². The van der Waals surface area contributed by atoms with E-state index in [0.717, 1.165) is 11.8 Å². The van der Waals surface area contributed by atoms with Crippen LogP contribution in [0.15, 0.2) is 47.5 Å². The van der Waals surface area contributed by atoms with E-state index >= 15 is 0 Å². The van der Waals surface area contributed by atoms with Crippen molar-refractivity contribution in [1.82, 2.24) is 10.9 Å². The summed E-state index contributed by atoms with van der Waals surface area (Å²) < 4.78 is 5.15. The Kier molecular flexibility index (Phi) is 6.79. The van der Waals surface area contributed by atoms with Crippen LogP contribution in [-0.2, 0) is 9.59 Å². The third-order valence-electron chi connectivity index (χ3n) is 5.02. The van der Waals surface area contributed by atoms with Crippen LogP contribution in [0.5, 0.6) is 5.75 Å². The van der Waals surface area contributed by atoms with Crippen LogP contribution >= 0.6 is 23.4 Å². The van der Waals surface area contributed by atoms with Crippen molar-refractivity contribution in [2.24, 2.45) is 10.9 Å². The van der Waals surface area contributed by atoms with Crippen molar-refractivity contribution in [3.8, 4) is 5.75 Å². The number of thioether (sulfide) groups is 1. The fourth-order valence-corrected chi connectivity index (χ4v) is 4.38. The average molecular weight is 491 g/mol. The van der Waals surface area contributed by atoms with Crippen molar-refractivity contribution in [1.29, 1.82) is 0 Å². The molecule has 0 bridgehead atoms. The van der Waals surface area contributed by atoms with E-state index in [1.54, 1.807) is 24.3 Å². The molecule has 2 unspecified atom stereocenters. The molecule has 172 valence electrons. The van der Waals surface area contributed by atoms with Gasteiger partial charge in [-0.2, -0.15) is 0 Å². The number of amidine groups is 1. The second-order valence-corrected chi connectivity index (χ2v) is 8.50. The Hall–Kier alpha value is -3.19. The maximum absolute atomic E-state index is 13.2. The number of nitro groups is 1. The largest absolute Gasteiger partial charge is 0.494 e. The standard InChI is InChI=1S/C20H19ClN6O5S/c1-32-16-8-13(27(30)31)6-7-15(16)23-17(28)10-33-20-24-18-14(9-22-25-18)19(29)26(20)12-4-2-11(21)3-5-12/h2-8,14,18,22,25H,9-10H2,1H3,(H,23,28). The van der Waals surface area contributed by atoms with Crippen molar-refractivity contribution in [3.63, 3.8) is 0 Å². The first-order chi connectivity index (χ1) is 15.9. The molecule has 2 aliphatic rings. The number of non-ortho nitro benzene ring substituents is 1. The maximum Gasteiger partial charge on any atom is 0.273 e. The Morgan fingerprint density at radius 1 is 1.36 bits per heavy atom. The minimum Gasteiger partial charge on any atom is -0.494 e. The van der Waals surface area contributed by atoms with E-state index in [2.05, 4.69) is 21.2 Å². The zero-order chi connectivity index (χ0) is 23.5. The van der Waals surface area contributed by atoms with Gasteiger partial charge in [-0.25, -0.2) is 10.4 Å². The highest BCUT2D eigenvalue weighted by Crippen LogP contribution is 2.31. The number of methoxy groups -OCH3 is 1. The number of carbonyl (C=O) groups is 2. The highest BCUT2D eigenvalue weighted by Gasteiger charge is 2.42. The zero-order valence-electron chi connectivity index (χ0n) is 17.3. The van der Waals surface area contributed by atoms with Crippen LogP contribution in [-0.4, -0.2) is 47.5 Å². The van der Waals surface area contributed by atoms with Crippen LogP contribution in [0.25, 0.3) is 0 Å². The second-order valence-electron chi connectivity index (χ2n) is 7.12. The molecule has 0 aromatic heterocycles. The van der Waals surface area contributed by atoms with Gasteiger partial charge in [-0.3, -0.25) is 30.0 Å². The molecule has 1 fully saturated rings. The quantitative estimate of drug-likeness (QED) is 0.414. The average Bonchev–Trinajstić information content (AvgIpc) is 3.28. The van der Waals surface area contributed by atoms with Crippen LogP contribution < -0.4 is 25.8 Å². The Morgan fingerprint density at radius 2 is 2.12 bits per heavy atom. The summed E-state index contributed by atoms with van der Waals surface area (Å²) in [5.74, 6) is -0.795. The second kappa shape index (κ2) is 9.75. The van der Waals surface area contributed by atoms with Gasteiger partial charge in [0.15, 0.2) is 5.17 Å². The number of nitro benzene ring substituents is 1. The van der Waals surface area contributed by atoms with Crippen molar-refractivity contribution >= 4 is 57.4 Å². The van der Waals surface area contributed by atoms with Crippen molar-refractivity contribution in [3.05, 3.63) is 57.6 Å². The van der Waals surface area contributed by atoms with E-state index in [1.807, 2.05) is 0 Å². The van der Waals surface area contributed by atoms with Gasteiger partial charge in [0, 0.05) is 17.6 Å². The number of hydrazine groups is 1. The topological polar surface area (TPSA) is 138 Å². The monoisotopic (exact) mass is 490 g/mol. The lowest BCUT2D eigenvalue weighted by atomic mass is 10.0. The van der Waals surface area contributed by atoms with Gasteiger partial charge >= 0.3 is 0 Å². The number of fused-ring (bicyclic) bond motifs is 1. The summed E-state index contributed by atoms with van der Waals surface area (Å²) in [7, 11) is 1.36. The fraction of sp³-hybridized carbons (Fsp3) is 0.250. The minimum atomic E-state index is -0.549. The summed E-state index contributed by atoms with van der Waals surface area (Å²) in [4.78, 5) is 42.3. The summed E-state index contributed by atoms with van der Waals surface area (Å²) >= 11 is 7.08. The molecule has 2 atom stereocenters. The van der Waals surface area contributed by atoms with Gasteiger partial charge in [0.1, 0.15) is 11.9 Å². The van der Waals surface area contributed by atoms with Crippen molar-refractivity contribution in [2.45, 2.75) is 6.17 Å². The molecule has 4 rings (SSSR count). The lowest BCUT2D eigenvalue weighted by Crippen LogP contribution is -2.49. The number of carbonyl (C=O) groups excluding carboxylic acids is 2. The number of ether oxygens (including phenoxy) is 1. The van der Waals surface area contributed by atoms with Gasteiger partial charge in [-0.1, -0.05) is 23.4 Å². The molecule has 2 amide bonds. The van der Waals surface area contributed by atoms with Crippen LogP contribution in [0.2, 0.25) is 5.02 Å². The van der Waals surface area contributed by atoms with E-state index in [-0.39, 0.29) is 29.0 Å². The number of hydrogen-bond donors (Lipinski definition) is 3. The first kappa shape index (κ1) is 23.0. The predicted molar refractivity (Wildman–Crippen MR) is 126 cm³/mol. The lowest BCUT2D eigenvalue weighted by Gasteiger charge is -2.32. The molecule has 0 aliphatic carbocycles. The highest BCUT2D eigenvalue weighted by atomic mass is 35.5. The molecule has 33 heavy (non-hydrogen) atoms. The van der Waals surface area contributed by atoms with Crippen LogP contribution in [0.1, 0.15) is 0 Å². The SMILES string of the molecule is COc1cc([N+](=O)[O-])ccc1NC(=O)CSC1=NC2NNCC2C(=O)N1c1ccc(Cl)cc1. The molecule has 1 saturated heterocycles. The minimum absolute atomic E-state index is 0.0544. The maximum atomic E-state index is 13.2. The zero-order valence-corrected chi connectivity index (χ0v) is 18.9. The number of anilines is 2. The van der Waals surface area contributed by atoms with Crippen molar-refractivity contribution < 1.29 is 19.2 Å². The predicted octanol–water partition coefficient (Wildman–Crippen LogP) is 2.38. The molecule has 2 aromatic carbocycles. The number of halogens is 1. The van der Waals surface area contributed by atoms with Gasteiger partial charge < -0.3 is 10.1 Å². The first-order valence-electron chi connectivity index (χ1n) is 9.78. The van der Waals surface area contributed by atoms with Gasteiger partial charge in [0.2, 0.25) is 11.8 Å². The number of aliphatic imine (C=N–C) groups is 1. The Labute approximate surface area is 197 Å². The number of hydrogen-bond acceptors (Lipinski definition) is 9. The molecule has 11 nitrogen and oxygen atoms in total. The molecule has 2 aromatic rings. The third kappa shape index (κ3) is 4.93. The molecule has 13 heteroatoms. The first-order valence-corrected chi connectivity index (χ1v) is 11.1. The molecular formula is C20H19ClN6O5S. The number of nitrogens with one attached hydrogen (secondary N) is 3. The smallest absolute Gasteiger partial charge is 0.273 e. The number of amides is 2. The summed E-state index contributed by atoms with van der Waals surface area (Å²) in [5.41, 5.74) is 6.65. The van der Waals surface area contributed by atoms with Crippen LogP contribution in [0, 0.1) is 16.0 Å². The molecule has 2 heterocycles. The Balaban J connectivity index is 1.50. The lowest BCUT2D eigenvalue weighted by molar-refractivity contribution is -0.384. The summed E-state index contributed by atoms with van der Waals surface area (Å²) in [6.07, 6.45) is -0.429. The normalized spacial score (nSPS) is 19.6. The number of benzene rings is 2. The van der Waals surface area contributed by atoms with E-state index < -0.39 is 17.0 Å². The van der Waals surface area contributed by atoms with Gasteiger partial charge in [0.05, 0.1) is 41.1 Å². The summed E-state index contributed by atoms with van der Waals surface area (Å²) in [5, 5.41) is 14.5. The molecular weight excluding hydrogens is 472 g/mol. The molecule has 3 N–H and O–H groups in total. The molecule has 2 aliphatic heterocycles. The molecule has 0 radical (unpaired) electrons. The molecule has 0 saturated carbocycles. The van der Waals surface area contributed by atoms with Crippen LogP contribution in [0.3, 0.4) is 0 Å². The summed E-state index contributed by atoms with van der Waals surface area (Å²) in [6, 6.07) is 10.7. The molecule has 0 spiro atoms. The fourth-order valence-electron chi connectivity index (χ4n) is 3.41. The highest BCUT2D eigenvalue weighted by molar-refractivity contribution is 8.14. The van der Waals surface area contributed by atoms with Crippen LogP contribution in [0.4, 0.5) is 17.1 Å². The van der Waals surface area contributed by atoms with E-state index in [9.17, 15) is 19.7 Å². The summed E-state index contributed by atoms with van der Waals surface area (Å²) in [6.45, 7) is 0.440. The number of nitrogens with zero attached hydrogens (tertiary/aromatic N) is 3. The third-order valence-corrected chi connectivity index (χ3v) is 6.22. The van der Waals surface area contributed by atoms with Crippen molar-refractivity contribution in [2.75, 3.05) is 29.6 Å². The van der Waals surface area contributed by atoms with E-state index in [0.29, 0.717) is 28.1 Å². The number of rotatable bonds is 6. The van der Waals surface area contributed by atoms with Gasteiger partial charge in [-0.15, -0.1) is 0 Å². The van der Waals surface area contributed by atoms with Gasteiger partial charge in [-0.05, 0) is 30.3 Å². The van der Waals surface area contributed by atoms with E-state index in [1.165, 1.54) is 30.2 Å². The Bertz CT molecular complexity index is 1130.